The van der Waals surface area contributed by atoms with E-state index in [2.05, 4.69) is 19.9 Å². The number of hydrogen-bond donors (Lipinski definition) is 3. The average Bonchev–Trinajstić information content (AvgIpc) is 2.84. The topological polar surface area (TPSA) is 106 Å². The molecule has 96 valence electrons. The molecule has 2 aromatic rings. The largest absolute Gasteiger partial charge is 0.382 e. The smallest absolute Gasteiger partial charge is 0.183 e. The van der Waals surface area contributed by atoms with Crippen LogP contribution in [-0.2, 0) is 0 Å². The number of H-pyrrole nitrogens is 1. The monoisotopic (exact) mass is 246 g/mol. The van der Waals surface area contributed by atoms with Crippen molar-refractivity contribution in [1.82, 2.24) is 19.9 Å². The summed E-state index contributed by atoms with van der Waals surface area (Å²) in [5.41, 5.74) is 12.9. The minimum Gasteiger partial charge on any atom is -0.382 e. The molecule has 1 aliphatic rings. The van der Waals surface area contributed by atoms with E-state index in [1.807, 2.05) is 0 Å². The van der Waals surface area contributed by atoms with Crippen LogP contribution in [0.2, 0.25) is 0 Å². The van der Waals surface area contributed by atoms with Gasteiger partial charge in [-0.3, -0.25) is 0 Å². The van der Waals surface area contributed by atoms with Crippen molar-refractivity contribution in [3.63, 3.8) is 0 Å². The van der Waals surface area contributed by atoms with Gasteiger partial charge in [-0.05, 0) is 38.1 Å². The molecule has 0 unspecified atom stereocenters. The van der Waals surface area contributed by atoms with Crippen LogP contribution in [0.1, 0.15) is 37.4 Å². The zero-order chi connectivity index (χ0) is 12.5. The fraction of sp³-hybridized carbons (Fsp3) is 0.583. The minimum absolute atomic E-state index is 0.467. The summed E-state index contributed by atoms with van der Waals surface area (Å²) in [5.74, 6) is 2.61. The van der Waals surface area contributed by atoms with Gasteiger partial charge in [0.2, 0.25) is 0 Å². The van der Waals surface area contributed by atoms with Crippen LogP contribution in [0.15, 0.2) is 6.33 Å². The third-order valence-electron chi connectivity index (χ3n) is 3.90. The molecule has 0 saturated heterocycles. The van der Waals surface area contributed by atoms with Crippen LogP contribution in [0, 0.1) is 5.92 Å². The molecule has 0 radical (unpaired) electrons. The van der Waals surface area contributed by atoms with Crippen molar-refractivity contribution in [1.29, 1.82) is 0 Å². The highest BCUT2D eigenvalue weighted by atomic mass is 15.0. The van der Waals surface area contributed by atoms with E-state index >= 15 is 0 Å². The number of fused-ring (bicyclic) bond motifs is 1. The van der Waals surface area contributed by atoms with Crippen LogP contribution in [0.5, 0.6) is 0 Å². The molecule has 6 nitrogen and oxygen atoms in total. The van der Waals surface area contributed by atoms with E-state index in [4.69, 9.17) is 11.5 Å². The van der Waals surface area contributed by atoms with Crippen LogP contribution in [-0.4, -0.2) is 26.5 Å². The van der Waals surface area contributed by atoms with Crippen LogP contribution in [0.3, 0.4) is 0 Å². The molecule has 18 heavy (non-hydrogen) atoms. The number of aromatic amines is 1. The number of hydrogen-bond acceptors (Lipinski definition) is 5. The number of imidazole rings is 1. The quantitative estimate of drug-likeness (QED) is 0.737. The van der Waals surface area contributed by atoms with E-state index in [0.29, 0.717) is 23.3 Å². The van der Waals surface area contributed by atoms with E-state index < -0.39 is 0 Å². The van der Waals surface area contributed by atoms with Crippen molar-refractivity contribution in [3.05, 3.63) is 12.2 Å². The number of nitrogens with one attached hydrogen (secondary N) is 1. The summed E-state index contributed by atoms with van der Waals surface area (Å²) in [6.07, 6.45) is 6.08. The van der Waals surface area contributed by atoms with Gasteiger partial charge in [-0.1, -0.05) is 0 Å². The summed E-state index contributed by atoms with van der Waals surface area (Å²) >= 11 is 0. The van der Waals surface area contributed by atoms with Gasteiger partial charge < -0.3 is 16.5 Å². The van der Waals surface area contributed by atoms with Gasteiger partial charge >= 0.3 is 0 Å². The maximum atomic E-state index is 5.80. The van der Waals surface area contributed by atoms with Crippen LogP contribution >= 0.6 is 0 Å². The van der Waals surface area contributed by atoms with Gasteiger partial charge in [0.15, 0.2) is 11.5 Å². The van der Waals surface area contributed by atoms with Crippen molar-refractivity contribution in [2.24, 2.45) is 11.7 Å². The Morgan fingerprint density at radius 2 is 2.00 bits per heavy atom. The Bertz CT molecular complexity index is 540. The minimum atomic E-state index is 0.467. The molecular formula is C12H18N6. The highest BCUT2D eigenvalue weighted by Gasteiger charge is 2.24. The number of nitrogens with zero attached hydrogens (tertiary/aromatic N) is 3. The highest BCUT2D eigenvalue weighted by Crippen LogP contribution is 2.34. The van der Waals surface area contributed by atoms with Crippen molar-refractivity contribution in [3.8, 4) is 0 Å². The van der Waals surface area contributed by atoms with Crippen molar-refractivity contribution in [2.45, 2.75) is 31.6 Å². The molecule has 0 bridgehead atoms. The second kappa shape index (κ2) is 4.53. The second-order valence-corrected chi connectivity index (χ2v) is 5.03. The molecule has 0 spiro atoms. The molecule has 1 aliphatic carbocycles. The van der Waals surface area contributed by atoms with Gasteiger partial charge in [0.1, 0.15) is 17.7 Å². The van der Waals surface area contributed by atoms with Crippen molar-refractivity contribution >= 4 is 17.0 Å². The van der Waals surface area contributed by atoms with E-state index in [-0.39, 0.29) is 0 Å². The molecule has 0 aliphatic heterocycles. The van der Waals surface area contributed by atoms with Gasteiger partial charge in [0.05, 0.1) is 0 Å². The summed E-state index contributed by atoms with van der Waals surface area (Å²) < 4.78 is 0. The summed E-state index contributed by atoms with van der Waals surface area (Å²) in [4.78, 5) is 15.9. The number of nitrogen functional groups attached to an aromatic ring is 1. The fourth-order valence-corrected chi connectivity index (χ4v) is 2.73. The number of aromatic nitrogens is 4. The molecule has 2 aromatic heterocycles. The molecule has 1 saturated carbocycles. The molecule has 6 heteroatoms. The number of nitrogens with two attached hydrogens (primary N) is 2. The molecular weight excluding hydrogens is 228 g/mol. The second-order valence-electron chi connectivity index (χ2n) is 5.03. The maximum absolute atomic E-state index is 5.80. The maximum Gasteiger partial charge on any atom is 0.183 e. The predicted octanol–water partition coefficient (Wildman–Crippen LogP) is 1.17. The average molecular weight is 246 g/mol. The number of rotatable bonds is 2. The summed E-state index contributed by atoms with van der Waals surface area (Å²) in [7, 11) is 0. The summed E-state index contributed by atoms with van der Waals surface area (Å²) in [5, 5.41) is 0. The van der Waals surface area contributed by atoms with Gasteiger partial charge in [-0.2, -0.15) is 0 Å². The molecule has 0 atom stereocenters. The lowest BCUT2D eigenvalue weighted by atomic mass is 9.82. The van der Waals surface area contributed by atoms with Gasteiger partial charge in [0, 0.05) is 5.92 Å². The lowest BCUT2D eigenvalue weighted by Crippen LogP contribution is -2.21. The molecule has 5 N–H and O–H groups in total. The van der Waals surface area contributed by atoms with E-state index in [1.165, 1.54) is 19.2 Å². The fourth-order valence-electron chi connectivity index (χ4n) is 2.73. The van der Waals surface area contributed by atoms with E-state index in [1.54, 1.807) is 0 Å². The zero-order valence-electron chi connectivity index (χ0n) is 10.3. The first-order chi connectivity index (χ1) is 8.78. The Labute approximate surface area is 105 Å². The molecule has 0 aromatic carbocycles. The van der Waals surface area contributed by atoms with Crippen LogP contribution < -0.4 is 11.5 Å². The first-order valence-electron chi connectivity index (χ1n) is 6.44. The summed E-state index contributed by atoms with van der Waals surface area (Å²) in [6.45, 7) is 0.797. The standard InChI is InChI=1S/C12H18N6/c13-5-7-1-3-8(4-2-7)11-17-9-10(14)15-6-16-12(9)18-11/h6-8H,1-5,13H2,(H3,14,15,16,17,18). The molecule has 1 fully saturated rings. The van der Waals surface area contributed by atoms with Crippen LogP contribution in [0.4, 0.5) is 5.82 Å². The van der Waals surface area contributed by atoms with E-state index in [9.17, 15) is 0 Å². The predicted molar refractivity (Wildman–Crippen MR) is 69.8 cm³/mol. The Morgan fingerprint density at radius 3 is 2.67 bits per heavy atom. The first-order valence-corrected chi connectivity index (χ1v) is 6.44. The van der Waals surface area contributed by atoms with Crippen molar-refractivity contribution in [2.75, 3.05) is 12.3 Å². The number of anilines is 1. The third-order valence-corrected chi connectivity index (χ3v) is 3.90. The zero-order valence-corrected chi connectivity index (χ0v) is 10.3. The highest BCUT2D eigenvalue weighted by molar-refractivity contribution is 5.81. The van der Waals surface area contributed by atoms with Gasteiger partial charge in [0.25, 0.3) is 0 Å². The lowest BCUT2D eigenvalue weighted by molar-refractivity contribution is 0.326. The Morgan fingerprint density at radius 1 is 1.22 bits per heavy atom. The van der Waals surface area contributed by atoms with Crippen molar-refractivity contribution < 1.29 is 0 Å². The van der Waals surface area contributed by atoms with Gasteiger partial charge in [-0.15, -0.1) is 0 Å². The molecule has 3 rings (SSSR count). The lowest BCUT2D eigenvalue weighted by Gasteiger charge is -2.26. The normalized spacial score (nSPS) is 24.5. The molecule has 0 amide bonds. The Kier molecular flexibility index (Phi) is 2.87. The third kappa shape index (κ3) is 1.92. The van der Waals surface area contributed by atoms with E-state index in [0.717, 1.165) is 30.7 Å². The van der Waals surface area contributed by atoms with Crippen LogP contribution in [0.25, 0.3) is 11.2 Å². The Hall–Kier alpha value is -1.69. The Balaban J connectivity index is 1.85. The van der Waals surface area contributed by atoms with Gasteiger partial charge in [-0.25, -0.2) is 15.0 Å². The first kappa shape index (κ1) is 11.4. The SMILES string of the molecule is NCC1CCC(c2nc3ncnc(N)c3[nH]2)CC1. The summed E-state index contributed by atoms with van der Waals surface area (Å²) in [6, 6.07) is 0. The molecule has 2 heterocycles.